The molecule has 0 bridgehead atoms. The smallest absolute Gasteiger partial charge is 0.309 e. The van der Waals surface area contributed by atoms with Gasteiger partial charge in [0.25, 0.3) is 0 Å². The standard InChI is InChI=1S/C11H10BrFO3/c1-16-11(15)5-7-2-3-8(9(13)4-7)10(14)6-12/h2-4H,5-6H2,1H3. The Balaban J connectivity index is 2.91. The largest absolute Gasteiger partial charge is 0.469 e. The molecule has 0 unspecified atom stereocenters. The Morgan fingerprint density at radius 3 is 2.62 bits per heavy atom. The molecule has 0 N–H and O–H groups in total. The molecule has 0 aliphatic heterocycles. The van der Waals surface area contributed by atoms with E-state index in [1.165, 1.54) is 25.3 Å². The molecule has 86 valence electrons. The molecule has 0 aliphatic carbocycles. The number of ketones is 1. The lowest BCUT2D eigenvalue weighted by Gasteiger charge is -2.03. The minimum Gasteiger partial charge on any atom is -0.469 e. The summed E-state index contributed by atoms with van der Waals surface area (Å²) in [6, 6.07) is 4.08. The van der Waals surface area contributed by atoms with Crippen molar-refractivity contribution in [2.24, 2.45) is 0 Å². The highest BCUT2D eigenvalue weighted by molar-refractivity contribution is 9.09. The molecular formula is C11H10BrFO3. The molecular weight excluding hydrogens is 279 g/mol. The summed E-state index contributed by atoms with van der Waals surface area (Å²) in [5, 5.41) is 0.0697. The molecule has 5 heteroatoms. The van der Waals surface area contributed by atoms with Crippen LogP contribution in [0.4, 0.5) is 4.39 Å². The maximum absolute atomic E-state index is 13.4. The molecule has 0 atom stereocenters. The van der Waals surface area contributed by atoms with E-state index in [0.717, 1.165) is 0 Å². The van der Waals surface area contributed by atoms with Gasteiger partial charge in [0.05, 0.1) is 24.4 Å². The lowest BCUT2D eigenvalue weighted by molar-refractivity contribution is -0.139. The van der Waals surface area contributed by atoms with Crippen molar-refractivity contribution >= 4 is 27.7 Å². The van der Waals surface area contributed by atoms with E-state index in [1.807, 2.05) is 0 Å². The molecule has 3 nitrogen and oxygen atoms in total. The van der Waals surface area contributed by atoms with Crippen molar-refractivity contribution < 1.29 is 18.7 Å². The Kier molecular flexibility index (Phi) is 4.61. The van der Waals surface area contributed by atoms with Gasteiger partial charge in [-0.3, -0.25) is 9.59 Å². The van der Waals surface area contributed by atoms with Gasteiger partial charge in [0.1, 0.15) is 5.82 Å². The summed E-state index contributed by atoms with van der Waals surface area (Å²) in [5.74, 6) is -1.40. The predicted octanol–water partition coefficient (Wildman–Crippen LogP) is 2.12. The summed E-state index contributed by atoms with van der Waals surface area (Å²) < 4.78 is 17.9. The first-order chi connectivity index (χ1) is 7.58. The van der Waals surface area contributed by atoms with Gasteiger partial charge in [0, 0.05) is 0 Å². The van der Waals surface area contributed by atoms with Crippen molar-refractivity contribution in [1.29, 1.82) is 0 Å². The van der Waals surface area contributed by atoms with Crippen molar-refractivity contribution in [2.75, 3.05) is 12.4 Å². The topological polar surface area (TPSA) is 43.4 Å². The van der Waals surface area contributed by atoms with Gasteiger partial charge in [-0.15, -0.1) is 0 Å². The number of alkyl halides is 1. The Bertz CT molecular complexity index is 418. The lowest BCUT2D eigenvalue weighted by Crippen LogP contribution is -2.07. The third-order valence-electron chi connectivity index (χ3n) is 2.03. The first kappa shape index (κ1) is 12.8. The van der Waals surface area contributed by atoms with Gasteiger partial charge >= 0.3 is 5.97 Å². The molecule has 0 spiro atoms. The summed E-state index contributed by atoms with van der Waals surface area (Å²) in [6.07, 6.45) is -0.00377. The molecule has 0 saturated heterocycles. The Morgan fingerprint density at radius 2 is 2.12 bits per heavy atom. The monoisotopic (exact) mass is 288 g/mol. The van der Waals surface area contributed by atoms with E-state index >= 15 is 0 Å². The van der Waals surface area contributed by atoms with Crippen LogP contribution in [0, 0.1) is 5.82 Å². The van der Waals surface area contributed by atoms with Gasteiger partial charge in [-0.1, -0.05) is 22.0 Å². The summed E-state index contributed by atoms with van der Waals surface area (Å²) >= 11 is 2.97. The fraction of sp³-hybridized carbons (Fsp3) is 0.273. The van der Waals surface area contributed by atoms with Crippen LogP contribution >= 0.6 is 15.9 Å². The number of hydrogen-bond donors (Lipinski definition) is 0. The van der Waals surface area contributed by atoms with E-state index in [4.69, 9.17) is 0 Å². The SMILES string of the molecule is COC(=O)Cc1ccc(C(=O)CBr)c(F)c1. The Morgan fingerprint density at radius 1 is 1.44 bits per heavy atom. The number of carbonyl (C=O) groups is 2. The minimum atomic E-state index is -0.620. The maximum atomic E-state index is 13.4. The predicted molar refractivity (Wildman–Crippen MR) is 60.2 cm³/mol. The van der Waals surface area contributed by atoms with Crippen LogP contribution in [0.15, 0.2) is 18.2 Å². The van der Waals surface area contributed by atoms with Crippen LogP contribution in [0.5, 0.6) is 0 Å². The third kappa shape index (κ3) is 3.13. The molecule has 0 heterocycles. The van der Waals surface area contributed by atoms with E-state index in [2.05, 4.69) is 20.7 Å². The first-order valence-electron chi connectivity index (χ1n) is 4.53. The molecule has 1 rings (SSSR count). The zero-order valence-corrected chi connectivity index (χ0v) is 10.2. The number of benzene rings is 1. The normalized spacial score (nSPS) is 9.94. The molecule has 0 amide bonds. The second kappa shape index (κ2) is 5.75. The van der Waals surface area contributed by atoms with Gasteiger partial charge in [-0.05, 0) is 17.7 Å². The van der Waals surface area contributed by atoms with Gasteiger partial charge in [0.15, 0.2) is 5.78 Å². The molecule has 0 fully saturated rings. The number of carbonyl (C=O) groups excluding carboxylic acids is 2. The summed E-state index contributed by atoms with van der Waals surface area (Å²) in [5.41, 5.74) is 0.501. The van der Waals surface area contributed by atoms with Crippen molar-refractivity contribution in [3.8, 4) is 0 Å². The first-order valence-corrected chi connectivity index (χ1v) is 5.65. The fourth-order valence-electron chi connectivity index (χ4n) is 1.21. The van der Waals surface area contributed by atoms with Crippen molar-refractivity contribution in [1.82, 2.24) is 0 Å². The van der Waals surface area contributed by atoms with E-state index in [1.54, 1.807) is 0 Å². The molecule has 1 aromatic rings. The van der Waals surface area contributed by atoms with Crippen molar-refractivity contribution in [3.63, 3.8) is 0 Å². The van der Waals surface area contributed by atoms with Crippen LogP contribution in [0.25, 0.3) is 0 Å². The molecule has 1 aromatic carbocycles. The minimum absolute atomic E-state index is 0.00377. The average molecular weight is 289 g/mol. The highest BCUT2D eigenvalue weighted by Crippen LogP contribution is 2.13. The number of ether oxygens (including phenoxy) is 1. The summed E-state index contributed by atoms with van der Waals surface area (Å²) in [6.45, 7) is 0. The number of Topliss-reactive ketones (excluding diaryl/α,β-unsaturated/α-hetero) is 1. The second-order valence-corrected chi connectivity index (χ2v) is 3.68. The van der Waals surface area contributed by atoms with Crippen molar-refractivity contribution in [3.05, 3.63) is 35.1 Å². The molecule has 0 saturated carbocycles. The van der Waals surface area contributed by atoms with Gasteiger partial charge in [-0.2, -0.15) is 0 Å². The Labute approximate surface area is 101 Å². The van der Waals surface area contributed by atoms with Crippen LogP contribution in [0.1, 0.15) is 15.9 Å². The number of methoxy groups -OCH3 is 1. The van der Waals surface area contributed by atoms with Crippen LogP contribution in [0.3, 0.4) is 0 Å². The van der Waals surface area contributed by atoms with Gasteiger partial charge in [-0.25, -0.2) is 4.39 Å². The van der Waals surface area contributed by atoms with E-state index < -0.39 is 11.8 Å². The summed E-state index contributed by atoms with van der Waals surface area (Å²) in [4.78, 5) is 22.2. The Hall–Kier alpha value is -1.23. The maximum Gasteiger partial charge on any atom is 0.309 e. The van der Waals surface area contributed by atoms with Crippen molar-refractivity contribution in [2.45, 2.75) is 6.42 Å². The number of halogens is 2. The number of rotatable bonds is 4. The number of esters is 1. The number of hydrogen-bond acceptors (Lipinski definition) is 3. The highest BCUT2D eigenvalue weighted by atomic mass is 79.9. The van der Waals surface area contributed by atoms with E-state index in [9.17, 15) is 14.0 Å². The average Bonchev–Trinajstić information content (AvgIpc) is 2.28. The van der Waals surface area contributed by atoms with Crippen LogP contribution in [-0.4, -0.2) is 24.2 Å². The summed E-state index contributed by atoms with van der Waals surface area (Å²) in [7, 11) is 1.27. The fourth-order valence-corrected chi connectivity index (χ4v) is 1.51. The zero-order chi connectivity index (χ0) is 12.1. The van der Waals surface area contributed by atoms with Gasteiger partial charge < -0.3 is 4.74 Å². The van der Waals surface area contributed by atoms with Gasteiger partial charge in [0.2, 0.25) is 0 Å². The van der Waals surface area contributed by atoms with Crippen LogP contribution in [-0.2, 0) is 16.0 Å². The van der Waals surface area contributed by atoms with E-state index in [-0.39, 0.29) is 23.1 Å². The van der Waals surface area contributed by atoms with E-state index in [0.29, 0.717) is 5.56 Å². The highest BCUT2D eigenvalue weighted by Gasteiger charge is 2.12. The van der Waals surface area contributed by atoms with Crippen LogP contribution < -0.4 is 0 Å². The molecule has 0 radical (unpaired) electrons. The molecule has 0 aromatic heterocycles. The second-order valence-electron chi connectivity index (χ2n) is 3.12. The third-order valence-corrected chi connectivity index (χ3v) is 2.54. The quantitative estimate of drug-likeness (QED) is 0.484. The lowest BCUT2D eigenvalue weighted by atomic mass is 10.1. The zero-order valence-electron chi connectivity index (χ0n) is 8.63. The van der Waals surface area contributed by atoms with Crippen LogP contribution in [0.2, 0.25) is 0 Å². The molecule has 0 aliphatic rings. The molecule has 16 heavy (non-hydrogen) atoms.